The number of nitrogens with one attached hydrogen (secondary N) is 1. The fourth-order valence-electron chi connectivity index (χ4n) is 2.76. The highest BCUT2D eigenvalue weighted by Gasteiger charge is 2.23. The average molecular weight is 461 g/mol. The predicted molar refractivity (Wildman–Crippen MR) is 109 cm³/mol. The van der Waals surface area contributed by atoms with Crippen LogP contribution in [0.1, 0.15) is 30.9 Å². The third-order valence-corrected chi connectivity index (χ3v) is 4.17. The summed E-state index contributed by atoms with van der Waals surface area (Å²) in [6.45, 7) is 6.28. The van der Waals surface area contributed by atoms with Crippen molar-refractivity contribution in [1.29, 1.82) is 0 Å². The molecule has 0 radical (unpaired) electrons. The van der Waals surface area contributed by atoms with Gasteiger partial charge in [-0.2, -0.15) is 0 Å². The van der Waals surface area contributed by atoms with Crippen LogP contribution < -0.4 is 11.1 Å². The Balaban J connectivity index is 0.00000312. The van der Waals surface area contributed by atoms with Gasteiger partial charge in [0.25, 0.3) is 0 Å². The highest BCUT2D eigenvalue weighted by Crippen LogP contribution is 2.11. The minimum atomic E-state index is -0.231. The van der Waals surface area contributed by atoms with Crippen molar-refractivity contribution in [2.24, 2.45) is 10.7 Å². The maximum Gasteiger partial charge on any atom is 0.409 e. The van der Waals surface area contributed by atoms with Gasteiger partial charge in [0, 0.05) is 38.1 Å². The third-order valence-electron chi connectivity index (χ3n) is 4.17. The van der Waals surface area contributed by atoms with Crippen molar-refractivity contribution in [3.63, 3.8) is 0 Å². The summed E-state index contributed by atoms with van der Waals surface area (Å²) < 4.78 is 5.02. The van der Waals surface area contributed by atoms with Gasteiger partial charge in [-0.25, -0.2) is 4.79 Å². The van der Waals surface area contributed by atoms with Crippen molar-refractivity contribution < 1.29 is 9.53 Å². The zero-order valence-corrected chi connectivity index (χ0v) is 17.2. The largest absolute Gasteiger partial charge is 0.450 e. The summed E-state index contributed by atoms with van der Waals surface area (Å²) in [6.07, 6.45) is 5.96. The first-order valence-electron chi connectivity index (χ1n) is 8.47. The first-order chi connectivity index (χ1) is 11.6. The molecule has 0 aromatic carbocycles. The lowest BCUT2D eigenvalue weighted by atomic mass is 10.1. The van der Waals surface area contributed by atoms with Crippen molar-refractivity contribution >= 4 is 36.0 Å². The van der Waals surface area contributed by atoms with Gasteiger partial charge in [-0.3, -0.25) is 9.98 Å². The van der Waals surface area contributed by atoms with E-state index >= 15 is 0 Å². The zero-order valence-electron chi connectivity index (χ0n) is 14.9. The van der Waals surface area contributed by atoms with Crippen molar-refractivity contribution in [3.8, 4) is 0 Å². The summed E-state index contributed by atoms with van der Waals surface area (Å²) in [4.78, 5) is 21.9. The van der Waals surface area contributed by atoms with Gasteiger partial charge in [0.2, 0.25) is 0 Å². The summed E-state index contributed by atoms with van der Waals surface area (Å²) >= 11 is 0. The summed E-state index contributed by atoms with van der Waals surface area (Å²) in [6, 6.07) is 2.27. The molecule has 0 aliphatic carbocycles. The van der Waals surface area contributed by atoms with E-state index in [2.05, 4.69) is 15.3 Å². The molecule has 7 nitrogen and oxygen atoms in total. The molecule has 25 heavy (non-hydrogen) atoms. The highest BCUT2D eigenvalue weighted by molar-refractivity contribution is 14.0. The van der Waals surface area contributed by atoms with E-state index in [1.165, 1.54) is 11.1 Å². The number of halogens is 1. The number of aliphatic imine (C=N–C) groups is 1. The van der Waals surface area contributed by atoms with E-state index in [1.807, 2.05) is 26.1 Å². The molecule has 1 aliphatic rings. The number of carbonyl (C=O) groups is 1. The molecule has 0 atom stereocenters. The number of pyridine rings is 1. The van der Waals surface area contributed by atoms with Crippen LogP contribution >= 0.6 is 24.0 Å². The quantitative estimate of drug-likeness (QED) is 0.398. The van der Waals surface area contributed by atoms with Crippen LogP contribution in [0, 0.1) is 6.92 Å². The van der Waals surface area contributed by atoms with Crippen molar-refractivity contribution in [2.45, 2.75) is 39.2 Å². The summed E-state index contributed by atoms with van der Waals surface area (Å²) in [5, 5.41) is 3.25. The van der Waals surface area contributed by atoms with Crippen LogP contribution in [-0.2, 0) is 11.2 Å². The van der Waals surface area contributed by atoms with Crippen LogP contribution in [0.2, 0.25) is 0 Å². The number of hydrogen-bond donors (Lipinski definition) is 2. The maximum absolute atomic E-state index is 11.7. The standard InChI is InChI=1S/C17H27N5O2.HI/c1-3-24-17(23)22-10-6-15(7-11-22)21-16(18)20-9-5-14-4-8-19-12-13(14)2;/h4,8,12,15H,3,5-7,9-11H2,1-2H3,(H3,18,20,21);1H. The van der Waals surface area contributed by atoms with Crippen molar-refractivity contribution in [3.05, 3.63) is 29.6 Å². The lowest BCUT2D eigenvalue weighted by Gasteiger charge is -2.31. The Morgan fingerprint density at radius 3 is 2.84 bits per heavy atom. The number of amides is 1. The van der Waals surface area contributed by atoms with Crippen LogP contribution in [0.25, 0.3) is 0 Å². The van der Waals surface area contributed by atoms with E-state index in [-0.39, 0.29) is 36.1 Å². The number of carbonyl (C=O) groups excluding carboxylic acids is 1. The summed E-state index contributed by atoms with van der Waals surface area (Å²) in [7, 11) is 0. The van der Waals surface area contributed by atoms with Gasteiger partial charge in [-0.05, 0) is 50.3 Å². The molecular formula is C17H28IN5O2. The number of nitrogens with two attached hydrogens (primary N) is 1. The molecule has 1 aliphatic heterocycles. The fourth-order valence-corrected chi connectivity index (χ4v) is 2.76. The fraction of sp³-hybridized carbons (Fsp3) is 0.588. The number of ether oxygens (including phenoxy) is 1. The first kappa shape index (κ1) is 21.5. The first-order valence-corrected chi connectivity index (χ1v) is 8.47. The number of likely N-dealkylation sites (tertiary alicyclic amines) is 1. The second-order valence-corrected chi connectivity index (χ2v) is 5.92. The molecule has 0 saturated carbocycles. The van der Waals surface area contributed by atoms with Gasteiger partial charge in [0.05, 0.1) is 6.61 Å². The van der Waals surface area contributed by atoms with E-state index < -0.39 is 0 Å². The normalized spacial score (nSPS) is 15.4. The second kappa shape index (κ2) is 11.1. The minimum absolute atomic E-state index is 0. The molecule has 2 rings (SSSR count). The minimum Gasteiger partial charge on any atom is -0.450 e. The van der Waals surface area contributed by atoms with Crippen LogP contribution in [0.4, 0.5) is 4.79 Å². The van der Waals surface area contributed by atoms with E-state index in [9.17, 15) is 4.79 Å². The predicted octanol–water partition coefficient (Wildman–Crippen LogP) is 2.08. The topological polar surface area (TPSA) is 92.8 Å². The highest BCUT2D eigenvalue weighted by atomic mass is 127. The Labute approximate surface area is 166 Å². The Morgan fingerprint density at radius 2 is 2.20 bits per heavy atom. The molecule has 2 heterocycles. The smallest absolute Gasteiger partial charge is 0.409 e. The third kappa shape index (κ3) is 7.05. The average Bonchev–Trinajstić information content (AvgIpc) is 2.57. The molecular weight excluding hydrogens is 433 g/mol. The molecule has 1 aromatic heterocycles. The summed E-state index contributed by atoms with van der Waals surface area (Å²) in [5.74, 6) is 0.469. The van der Waals surface area contributed by atoms with E-state index in [1.54, 1.807) is 11.1 Å². The molecule has 1 aromatic rings. The van der Waals surface area contributed by atoms with E-state index in [4.69, 9.17) is 10.5 Å². The molecule has 140 valence electrons. The Morgan fingerprint density at radius 1 is 1.48 bits per heavy atom. The number of rotatable bonds is 5. The van der Waals surface area contributed by atoms with E-state index in [0.29, 0.717) is 32.2 Å². The number of aryl methyl sites for hydroxylation is 1. The molecule has 0 unspecified atom stereocenters. The summed E-state index contributed by atoms with van der Waals surface area (Å²) in [5.41, 5.74) is 8.38. The molecule has 1 saturated heterocycles. The lowest BCUT2D eigenvalue weighted by Crippen LogP contribution is -2.48. The molecule has 8 heteroatoms. The van der Waals surface area contributed by atoms with Crippen LogP contribution in [0.15, 0.2) is 23.5 Å². The number of nitrogens with zero attached hydrogens (tertiary/aromatic N) is 3. The number of hydrogen-bond acceptors (Lipinski definition) is 4. The van der Waals surface area contributed by atoms with Crippen LogP contribution in [-0.4, -0.2) is 54.2 Å². The Kier molecular flexibility index (Phi) is 9.54. The van der Waals surface area contributed by atoms with E-state index in [0.717, 1.165) is 19.3 Å². The van der Waals surface area contributed by atoms with Gasteiger partial charge in [-0.1, -0.05) is 0 Å². The molecule has 0 spiro atoms. The van der Waals surface area contributed by atoms with Gasteiger partial charge in [0.1, 0.15) is 0 Å². The Hall–Kier alpha value is -1.58. The van der Waals surface area contributed by atoms with Gasteiger partial charge < -0.3 is 20.7 Å². The number of piperidine rings is 1. The van der Waals surface area contributed by atoms with Crippen molar-refractivity contribution in [1.82, 2.24) is 15.2 Å². The van der Waals surface area contributed by atoms with Gasteiger partial charge in [0.15, 0.2) is 5.96 Å². The van der Waals surface area contributed by atoms with Gasteiger partial charge in [-0.15, -0.1) is 24.0 Å². The zero-order chi connectivity index (χ0) is 17.4. The van der Waals surface area contributed by atoms with Gasteiger partial charge >= 0.3 is 6.09 Å². The Bertz CT molecular complexity index is 574. The lowest BCUT2D eigenvalue weighted by molar-refractivity contribution is 0.0963. The van der Waals surface area contributed by atoms with Crippen LogP contribution in [0.3, 0.4) is 0 Å². The molecule has 1 amide bonds. The number of aromatic nitrogens is 1. The SMILES string of the molecule is CCOC(=O)N1CCC(NC(N)=NCCc2ccncc2C)CC1.I. The molecule has 1 fully saturated rings. The maximum atomic E-state index is 11.7. The van der Waals surface area contributed by atoms with Crippen molar-refractivity contribution in [2.75, 3.05) is 26.2 Å². The monoisotopic (exact) mass is 461 g/mol. The number of guanidine groups is 1. The van der Waals surface area contributed by atoms with Crippen LogP contribution in [0.5, 0.6) is 0 Å². The second-order valence-electron chi connectivity index (χ2n) is 5.92. The molecule has 0 bridgehead atoms. The molecule has 3 N–H and O–H groups in total.